The van der Waals surface area contributed by atoms with Crippen LogP contribution in [0.25, 0.3) is 0 Å². The number of unbranched alkanes of at least 4 members (excludes halogenated alkanes) is 3. The molecular weight excluding hydrogens is 158 g/mol. The van der Waals surface area contributed by atoms with Gasteiger partial charge in [0.05, 0.1) is 0 Å². The predicted octanol–water partition coefficient (Wildman–Crippen LogP) is 2.96. The molecule has 76 valence electrons. The van der Waals surface area contributed by atoms with E-state index in [1.54, 1.807) is 0 Å². The quantitative estimate of drug-likeness (QED) is 0.470. The third-order valence-electron chi connectivity index (χ3n) is 1.91. The Labute approximate surface area is 83.3 Å². The Hall–Kier alpha value is -0.480. The third kappa shape index (κ3) is 11.5. The van der Waals surface area contributed by atoms with Crippen LogP contribution < -0.4 is 5.32 Å². The van der Waals surface area contributed by atoms with E-state index in [0.29, 0.717) is 0 Å². The second-order valence-electron chi connectivity index (χ2n) is 3.31. The summed E-state index contributed by atoms with van der Waals surface area (Å²) in [6.45, 7) is 6.62. The van der Waals surface area contributed by atoms with Crippen LogP contribution in [0.15, 0.2) is 0 Å². The molecule has 0 bridgehead atoms. The maximum Gasteiger partial charge on any atom is 0.0214 e. The summed E-state index contributed by atoms with van der Waals surface area (Å²) in [4.78, 5) is 0. The molecular formula is C12H23N. The molecule has 0 atom stereocenters. The smallest absolute Gasteiger partial charge is 0.0214 e. The lowest BCUT2D eigenvalue weighted by Crippen LogP contribution is -2.15. The van der Waals surface area contributed by atoms with Crippen LogP contribution in [0, 0.1) is 11.8 Å². The second kappa shape index (κ2) is 11.5. The highest BCUT2D eigenvalue weighted by Crippen LogP contribution is 1.90. The van der Waals surface area contributed by atoms with Crippen LogP contribution in [0.4, 0.5) is 0 Å². The molecule has 0 fully saturated rings. The predicted molar refractivity (Wildman–Crippen MR) is 59.7 cm³/mol. The average Bonchev–Trinajstić information content (AvgIpc) is 2.16. The molecule has 0 aliphatic heterocycles. The summed E-state index contributed by atoms with van der Waals surface area (Å²) < 4.78 is 0. The van der Waals surface area contributed by atoms with E-state index in [9.17, 15) is 0 Å². The Kier molecular flexibility index (Phi) is 11.1. The molecule has 1 nitrogen and oxygen atoms in total. The van der Waals surface area contributed by atoms with Crippen molar-refractivity contribution in [2.75, 3.05) is 13.1 Å². The first-order valence-corrected chi connectivity index (χ1v) is 5.58. The SMILES string of the molecule is CCCCC#CCCNCCCC. The number of rotatable bonds is 7. The summed E-state index contributed by atoms with van der Waals surface area (Å²) in [7, 11) is 0. The van der Waals surface area contributed by atoms with Crippen molar-refractivity contribution in [3.8, 4) is 11.8 Å². The maximum atomic E-state index is 3.37. The van der Waals surface area contributed by atoms with Crippen molar-refractivity contribution in [2.24, 2.45) is 0 Å². The van der Waals surface area contributed by atoms with Crippen molar-refractivity contribution in [1.29, 1.82) is 0 Å². The van der Waals surface area contributed by atoms with Crippen molar-refractivity contribution in [1.82, 2.24) is 5.32 Å². The van der Waals surface area contributed by atoms with Gasteiger partial charge in [0.25, 0.3) is 0 Å². The maximum absolute atomic E-state index is 3.37. The first kappa shape index (κ1) is 12.5. The van der Waals surface area contributed by atoms with Crippen molar-refractivity contribution in [2.45, 2.75) is 52.4 Å². The van der Waals surface area contributed by atoms with Crippen LogP contribution >= 0.6 is 0 Å². The van der Waals surface area contributed by atoms with E-state index < -0.39 is 0 Å². The molecule has 0 aromatic heterocycles. The summed E-state index contributed by atoms with van der Waals surface area (Å²) in [6.07, 6.45) is 7.14. The van der Waals surface area contributed by atoms with E-state index in [2.05, 4.69) is 31.0 Å². The molecule has 0 amide bonds. The zero-order valence-electron chi connectivity index (χ0n) is 9.16. The summed E-state index contributed by atoms with van der Waals surface area (Å²) in [6, 6.07) is 0. The standard InChI is InChI=1S/C12H23N/c1-3-5-7-8-9-10-12-13-11-6-4-2/h13H,3-7,10-12H2,1-2H3. The van der Waals surface area contributed by atoms with E-state index in [-0.39, 0.29) is 0 Å². The minimum atomic E-state index is 1.01. The lowest BCUT2D eigenvalue weighted by molar-refractivity contribution is 0.648. The van der Waals surface area contributed by atoms with Gasteiger partial charge in [-0.1, -0.05) is 26.7 Å². The molecule has 0 spiro atoms. The van der Waals surface area contributed by atoms with Crippen LogP contribution in [0.2, 0.25) is 0 Å². The van der Waals surface area contributed by atoms with Gasteiger partial charge in [0.1, 0.15) is 0 Å². The summed E-state index contributed by atoms with van der Waals surface area (Å²) in [5.74, 6) is 6.37. The Morgan fingerprint density at radius 1 is 0.846 bits per heavy atom. The van der Waals surface area contributed by atoms with Gasteiger partial charge in [-0.25, -0.2) is 0 Å². The molecule has 0 radical (unpaired) electrons. The minimum Gasteiger partial charge on any atom is -0.316 e. The molecule has 0 aliphatic rings. The topological polar surface area (TPSA) is 12.0 Å². The molecule has 0 aliphatic carbocycles. The fraction of sp³-hybridized carbons (Fsp3) is 0.833. The highest BCUT2D eigenvalue weighted by Gasteiger charge is 1.83. The van der Waals surface area contributed by atoms with Gasteiger partial charge in [-0.05, 0) is 19.4 Å². The molecule has 0 aromatic carbocycles. The van der Waals surface area contributed by atoms with Gasteiger partial charge in [-0.15, -0.1) is 11.8 Å². The highest BCUT2D eigenvalue weighted by atomic mass is 14.8. The van der Waals surface area contributed by atoms with Gasteiger partial charge in [0.15, 0.2) is 0 Å². The van der Waals surface area contributed by atoms with Crippen LogP contribution in [-0.4, -0.2) is 13.1 Å². The lowest BCUT2D eigenvalue weighted by atomic mass is 10.2. The van der Waals surface area contributed by atoms with E-state index in [0.717, 1.165) is 25.9 Å². The van der Waals surface area contributed by atoms with E-state index in [1.807, 2.05) is 0 Å². The molecule has 13 heavy (non-hydrogen) atoms. The van der Waals surface area contributed by atoms with Gasteiger partial charge >= 0.3 is 0 Å². The molecule has 0 unspecified atom stereocenters. The van der Waals surface area contributed by atoms with Gasteiger partial charge < -0.3 is 5.32 Å². The van der Waals surface area contributed by atoms with Crippen molar-refractivity contribution in [3.63, 3.8) is 0 Å². The average molecular weight is 181 g/mol. The summed E-state index contributed by atoms with van der Waals surface area (Å²) in [5.41, 5.74) is 0. The first-order chi connectivity index (χ1) is 6.41. The molecule has 0 rings (SSSR count). The Balaban J connectivity index is 2.99. The molecule has 0 heterocycles. The van der Waals surface area contributed by atoms with E-state index in [1.165, 1.54) is 25.7 Å². The summed E-state index contributed by atoms with van der Waals surface area (Å²) in [5, 5.41) is 3.37. The fourth-order valence-electron chi connectivity index (χ4n) is 1.02. The second-order valence-corrected chi connectivity index (χ2v) is 3.31. The van der Waals surface area contributed by atoms with Gasteiger partial charge in [-0.2, -0.15) is 0 Å². The summed E-state index contributed by atoms with van der Waals surface area (Å²) >= 11 is 0. The van der Waals surface area contributed by atoms with Crippen LogP contribution in [0.5, 0.6) is 0 Å². The molecule has 0 saturated carbocycles. The van der Waals surface area contributed by atoms with Crippen LogP contribution in [-0.2, 0) is 0 Å². The first-order valence-electron chi connectivity index (χ1n) is 5.58. The normalized spacial score (nSPS) is 9.38. The van der Waals surface area contributed by atoms with E-state index >= 15 is 0 Å². The number of hydrogen-bond donors (Lipinski definition) is 1. The largest absolute Gasteiger partial charge is 0.316 e. The lowest BCUT2D eigenvalue weighted by Gasteiger charge is -1.98. The zero-order valence-corrected chi connectivity index (χ0v) is 9.16. The number of nitrogens with one attached hydrogen (secondary N) is 1. The van der Waals surface area contributed by atoms with Crippen molar-refractivity contribution >= 4 is 0 Å². The van der Waals surface area contributed by atoms with Gasteiger partial charge in [0.2, 0.25) is 0 Å². The van der Waals surface area contributed by atoms with Gasteiger partial charge in [-0.3, -0.25) is 0 Å². The third-order valence-corrected chi connectivity index (χ3v) is 1.91. The van der Waals surface area contributed by atoms with Crippen molar-refractivity contribution in [3.05, 3.63) is 0 Å². The Morgan fingerprint density at radius 2 is 1.54 bits per heavy atom. The van der Waals surface area contributed by atoms with Crippen molar-refractivity contribution < 1.29 is 0 Å². The molecule has 0 aromatic rings. The molecule has 1 N–H and O–H groups in total. The fourth-order valence-corrected chi connectivity index (χ4v) is 1.02. The monoisotopic (exact) mass is 181 g/mol. The number of hydrogen-bond acceptors (Lipinski definition) is 1. The van der Waals surface area contributed by atoms with Crippen LogP contribution in [0.3, 0.4) is 0 Å². The molecule has 0 saturated heterocycles. The highest BCUT2D eigenvalue weighted by molar-refractivity contribution is 4.98. The van der Waals surface area contributed by atoms with E-state index in [4.69, 9.17) is 0 Å². The van der Waals surface area contributed by atoms with Gasteiger partial charge in [0, 0.05) is 19.4 Å². The zero-order chi connectivity index (χ0) is 9.78. The Bertz CT molecular complexity index is 141. The van der Waals surface area contributed by atoms with Crippen LogP contribution in [0.1, 0.15) is 52.4 Å². The molecule has 1 heteroatoms. The minimum absolute atomic E-state index is 1.01. The Morgan fingerprint density at radius 3 is 2.23 bits per heavy atom.